The van der Waals surface area contributed by atoms with Crippen molar-refractivity contribution in [2.75, 3.05) is 10.2 Å². The molecular formula is C25H22N2O2. The van der Waals surface area contributed by atoms with Crippen molar-refractivity contribution >= 4 is 28.8 Å². The van der Waals surface area contributed by atoms with Crippen molar-refractivity contribution in [3.05, 3.63) is 101 Å². The number of carbonyl (C=O) groups is 2. The number of anilines is 2. The van der Waals surface area contributed by atoms with Gasteiger partial charge in [-0.15, -0.1) is 0 Å². The topological polar surface area (TPSA) is 49.4 Å². The molecule has 3 aromatic carbocycles. The van der Waals surface area contributed by atoms with Crippen LogP contribution < -0.4 is 10.2 Å². The molecule has 144 valence electrons. The third-order valence-corrected chi connectivity index (χ3v) is 5.06. The average molecular weight is 382 g/mol. The SMILES string of the molecule is Cc1cccc(N2C(=O)C(Nc3cc(C)ccc3C)=C(c3ccccc3)C2=O)c1. The van der Waals surface area contributed by atoms with E-state index in [-0.39, 0.29) is 11.8 Å². The molecule has 4 nitrogen and oxygen atoms in total. The normalized spacial score (nSPS) is 14.0. The molecule has 1 N–H and O–H groups in total. The van der Waals surface area contributed by atoms with Gasteiger partial charge in [0.15, 0.2) is 0 Å². The lowest BCUT2D eigenvalue weighted by molar-refractivity contribution is -0.120. The van der Waals surface area contributed by atoms with Gasteiger partial charge in [0.05, 0.1) is 11.3 Å². The zero-order valence-corrected chi connectivity index (χ0v) is 16.7. The van der Waals surface area contributed by atoms with Gasteiger partial charge in [-0.2, -0.15) is 0 Å². The third-order valence-electron chi connectivity index (χ3n) is 5.06. The molecule has 1 aliphatic heterocycles. The molecule has 4 rings (SSSR count). The van der Waals surface area contributed by atoms with Crippen LogP contribution in [0.5, 0.6) is 0 Å². The Labute approximate surface area is 170 Å². The van der Waals surface area contributed by atoms with E-state index in [0.717, 1.165) is 22.4 Å². The summed E-state index contributed by atoms with van der Waals surface area (Å²) in [7, 11) is 0. The van der Waals surface area contributed by atoms with Crippen molar-refractivity contribution in [3.8, 4) is 0 Å². The molecule has 0 bridgehead atoms. The first-order valence-corrected chi connectivity index (χ1v) is 9.55. The van der Waals surface area contributed by atoms with Crippen molar-refractivity contribution in [1.29, 1.82) is 0 Å². The van der Waals surface area contributed by atoms with E-state index in [1.165, 1.54) is 4.90 Å². The Balaban J connectivity index is 1.85. The van der Waals surface area contributed by atoms with Gasteiger partial charge in [0.1, 0.15) is 5.70 Å². The van der Waals surface area contributed by atoms with Crippen LogP contribution in [-0.2, 0) is 9.59 Å². The molecule has 0 aliphatic carbocycles. The number of amides is 2. The average Bonchev–Trinajstić information content (AvgIpc) is 2.95. The highest BCUT2D eigenvalue weighted by molar-refractivity contribution is 6.46. The summed E-state index contributed by atoms with van der Waals surface area (Å²) >= 11 is 0. The summed E-state index contributed by atoms with van der Waals surface area (Å²) in [5.41, 5.74) is 5.87. The molecule has 0 saturated carbocycles. The Morgan fingerprint density at radius 2 is 1.45 bits per heavy atom. The fourth-order valence-corrected chi connectivity index (χ4v) is 3.53. The van der Waals surface area contributed by atoms with Crippen molar-refractivity contribution in [3.63, 3.8) is 0 Å². The van der Waals surface area contributed by atoms with E-state index >= 15 is 0 Å². The third kappa shape index (κ3) is 3.45. The number of nitrogens with zero attached hydrogens (tertiary/aromatic N) is 1. The Morgan fingerprint density at radius 1 is 0.724 bits per heavy atom. The number of benzene rings is 3. The molecule has 0 atom stereocenters. The molecule has 0 spiro atoms. The highest BCUT2D eigenvalue weighted by Gasteiger charge is 2.40. The summed E-state index contributed by atoms with van der Waals surface area (Å²) < 4.78 is 0. The minimum absolute atomic E-state index is 0.302. The minimum atomic E-state index is -0.347. The lowest BCUT2D eigenvalue weighted by Gasteiger charge is -2.16. The highest BCUT2D eigenvalue weighted by Crippen LogP contribution is 2.34. The molecule has 3 aromatic rings. The van der Waals surface area contributed by atoms with E-state index in [2.05, 4.69) is 5.32 Å². The monoisotopic (exact) mass is 382 g/mol. The van der Waals surface area contributed by atoms with Crippen LogP contribution in [0, 0.1) is 20.8 Å². The van der Waals surface area contributed by atoms with Gasteiger partial charge >= 0.3 is 0 Å². The zero-order valence-electron chi connectivity index (χ0n) is 16.7. The first-order chi connectivity index (χ1) is 14.0. The molecule has 0 unspecified atom stereocenters. The first kappa shape index (κ1) is 18.7. The van der Waals surface area contributed by atoms with E-state index in [4.69, 9.17) is 0 Å². The number of nitrogens with one attached hydrogen (secondary N) is 1. The van der Waals surface area contributed by atoms with Crippen LogP contribution in [0.3, 0.4) is 0 Å². The second-order valence-electron chi connectivity index (χ2n) is 7.34. The predicted molar refractivity (Wildman–Crippen MR) is 117 cm³/mol. The molecule has 1 heterocycles. The Bertz CT molecular complexity index is 1150. The number of imide groups is 1. The smallest absolute Gasteiger partial charge is 0.282 e. The van der Waals surface area contributed by atoms with Crippen LogP contribution in [0.2, 0.25) is 0 Å². The fraction of sp³-hybridized carbons (Fsp3) is 0.120. The number of hydrogen-bond acceptors (Lipinski definition) is 3. The molecule has 0 radical (unpaired) electrons. The van der Waals surface area contributed by atoms with E-state index in [9.17, 15) is 9.59 Å². The molecule has 0 fully saturated rings. The Kier molecular flexibility index (Phi) is 4.77. The van der Waals surface area contributed by atoms with Crippen LogP contribution in [0.25, 0.3) is 5.57 Å². The maximum atomic E-state index is 13.4. The summed E-state index contributed by atoms with van der Waals surface area (Å²) in [6.07, 6.45) is 0. The van der Waals surface area contributed by atoms with Gasteiger partial charge in [0.2, 0.25) is 0 Å². The standard InChI is InChI=1S/C25H22N2O2/c1-16-8-7-11-20(14-16)27-24(28)22(19-9-5-4-6-10-19)23(25(27)29)26-21-15-17(2)12-13-18(21)3/h4-15,26H,1-3H3. The second kappa shape index (κ2) is 7.40. The lowest BCUT2D eigenvalue weighted by Crippen LogP contribution is -2.32. The molecule has 2 amide bonds. The van der Waals surface area contributed by atoms with Crippen LogP contribution in [0.4, 0.5) is 11.4 Å². The van der Waals surface area contributed by atoms with Crippen LogP contribution in [0.1, 0.15) is 22.3 Å². The highest BCUT2D eigenvalue weighted by atomic mass is 16.2. The summed E-state index contributed by atoms with van der Waals surface area (Å²) in [6.45, 7) is 5.91. The number of hydrogen-bond donors (Lipinski definition) is 1. The van der Waals surface area contributed by atoms with E-state index in [1.54, 1.807) is 6.07 Å². The van der Waals surface area contributed by atoms with Gasteiger partial charge in [-0.3, -0.25) is 9.59 Å². The number of rotatable bonds is 4. The van der Waals surface area contributed by atoms with Gasteiger partial charge in [-0.1, -0.05) is 54.6 Å². The van der Waals surface area contributed by atoms with Gasteiger partial charge in [-0.25, -0.2) is 4.90 Å². The summed E-state index contributed by atoms with van der Waals surface area (Å²) in [5.74, 6) is -0.667. The quantitative estimate of drug-likeness (QED) is 0.646. The van der Waals surface area contributed by atoms with Crippen LogP contribution in [-0.4, -0.2) is 11.8 Å². The van der Waals surface area contributed by atoms with E-state index < -0.39 is 0 Å². The Hall–Kier alpha value is -3.66. The number of aryl methyl sites for hydroxylation is 3. The van der Waals surface area contributed by atoms with Gasteiger partial charge in [0.25, 0.3) is 11.8 Å². The molecule has 0 aromatic heterocycles. The zero-order chi connectivity index (χ0) is 20.5. The van der Waals surface area contributed by atoms with E-state index in [1.807, 2.05) is 87.5 Å². The molecule has 29 heavy (non-hydrogen) atoms. The Morgan fingerprint density at radius 3 is 2.17 bits per heavy atom. The van der Waals surface area contributed by atoms with Gasteiger partial charge < -0.3 is 5.32 Å². The lowest BCUT2D eigenvalue weighted by atomic mass is 10.0. The van der Waals surface area contributed by atoms with E-state index in [0.29, 0.717) is 22.5 Å². The number of carbonyl (C=O) groups excluding carboxylic acids is 2. The predicted octanol–water partition coefficient (Wildman–Crippen LogP) is 5.01. The summed E-state index contributed by atoms with van der Waals surface area (Å²) in [4.78, 5) is 28.0. The summed E-state index contributed by atoms with van der Waals surface area (Å²) in [5, 5.41) is 3.26. The van der Waals surface area contributed by atoms with Crippen molar-refractivity contribution in [2.45, 2.75) is 20.8 Å². The minimum Gasteiger partial charge on any atom is -0.350 e. The van der Waals surface area contributed by atoms with Crippen molar-refractivity contribution in [2.24, 2.45) is 0 Å². The maximum absolute atomic E-state index is 13.4. The van der Waals surface area contributed by atoms with Crippen molar-refractivity contribution in [1.82, 2.24) is 0 Å². The van der Waals surface area contributed by atoms with Crippen molar-refractivity contribution < 1.29 is 9.59 Å². The molecular weight excluding hydrogens is 360 g/mol. The first-order valence-electron chi connectivity index (χ1n) is 9.55. The summed E-state index contributed by atoms with van der Waals surface area (Å²) in [6, 6.07) is 22.8. The molecule has 1 aliphatic rings. The maximum Gasteiger partial charge on any atom is 0.282 e. The molecule has 0 saturated heterocycles. The fourth-order valence-electron chi connectivity index (χ4n) is 3.53. The van der Waals surface area contributed by atoms with Gasteiger partial charge in [0, 0.05) is 5.69 Å². The van der Waals surface area contributed by atoms with Crippen LogP contribution in [0.15, 0.2) is 78.5 Å². The largest absolute Gasteiger partial charge is 0.350 e. The molecule has 4 heteroatoms. The van der Waals surface area contributed by atoms with Crippen LogP contribution >= 0.6 is 0 Å². The second-order valence-corrected chi connectivity index (χ2v) is 7.34. The van der Waals surface area contributed by atoms with Gasteiger partial charge in [-0.05, 0) is 61.2 Å².